The number of fused-ring (bicyclic) bond motifs is 1. The van der Waals surface area contributed by atoms with E-state index in [1.807, 2.05) is 133 Å². The quantitative estimate of drug-likeness (QED) is 0.156. The van der Waals surface area contributed by atoms with Crippen molar-refractivity contribution in [1.82, 2.24) is 5.32 Å². The Balaban J connectivity index is 1.52. The zero-order valence-electron chi connectivity index (χ0n) is 24.5. The maximum Gasteiger partial charge on any atom is 0.327 e. The maximum atomic E-state index is 15.0. The number of anilines is 1. The molecule has 44 heavy (non-hydrogen) atoms. The number of ether oxygens (including phenoxy) is 2. The summed E-state index contributed by atoms with van der Waals surface area (Å²) in [5, 5.41) is 5.57. The second-order valence-electron chi connectivity index (χ2n) is 10.6. The van der Waals surface area contributed by atoms with Gasteiger partial charge in [-0.05, 0) is 41.1 Å². The Hall–Kier alpha value is -4.56. The molecule has 1 amide bonds. The van der Waals surface area contributed by atoms with Gasteiger partial charge in [0.25, 0.3) is 5.91 Å². The van der Waals surface area contributed by atoms with Crippen molar-refractivity contribution in [2.24, 2.45) is 0 Å². The zero-order valence-corrected chi connectivity index (χ0v) is 25.3. The van der Waals surface area contributed by atoms with Crippen molar-refractivity contribution in [3.05, 3.63) is 160 Å². The lowest BCUT2D eigenvalue weighted by molar-refractivity contribution is -0.169. The van der Waals surface area contributed by atoms with E-state index in [0.717, 1.165) is 21.6 Å². The van der Waals surface area contributed by atoms with Gasteiger partial charge in [-0.1, -0.05) is 115 Å². The van der Waals surface area contributed by atoms with Crippen LogP contribution in [0.4, 0.5) is 5.69 Å². The average Bonchev–Trinajstić information content (AvgIpc) is 3.67. The molecule has 7 heteroatoms. The van der Waals surface area contributed by atoms with Crippen LogP contribution in [0.3, 0.4) is 0 Å². The number of nitrogens with one attached hydrogen (secondary N) is 1. The summed E-state index contributed by atoms with van der Waals surface area (Å²) in [6, 6.07) is 39.6. The number of para-hydroxylation sites is 1. The van der Waals surface area contributed by atoms with Crippen molar-refractivity contribution in [3.8, 4) is 0 Å². The van der Waals surface area contributed by atoms with Gasteiger partial charge < -0.3 is 14.4 Å². The molecule has 1 aliphatic heterocycles. The highest BCUT2D eigenvalue weighted by Crippen LogP contribution is 2.47. The van der Waals surface area contributed by atoms with Gasteiger partial charge in [-0.2, -0.15) is 0 Å². The van der Waals surface area contributed by atoms with Crippen LogP contribution in [0.5, 0.6) is 0 Å². The molecule has 0 saturated carbocycles. The molecule has 222 valence electrons. The number of benzene rings is 4. The van der Waals surface area contributed by atoms with Crippen LogP contribution in [0.25, 0.3) is 0 Å². The lowest BCUT2D eigenvalue weighted by atomic mass is 9.85. The number of hydrogen-bond donors (Lipinski definition) is 1. The van der Waals surface area contributed by atoms with Gasteiger partial charge in [-0.3, -0.25) is 14.9 Å². The standard InChI is InChI=1S/C37H34N2O4S/c1-2-42-35(40)34(38-33(28-17-8-4-9-18-28)29-19-10-5-11-20-29)37(43-26-30-21-14-24-44-30)31-22-12-13-23-32(31)39(36(37)41)25-27-15-6-3-7-16-27/h3-24,33-34,38H,2,25-26H2,1H3/t34-,37-/m0/s1. The van der Waals surface area contributed by atoms with Gasteiger partial charge >= 0.3 is 5.97 Å². The Morgan fingerprint density at radius 3 is 2.05 bits per heavy atom. The van der Waals surface area contributed by atoms with Crippen LogP contribution < -0.4 is 10.2 Å². The Bertz CT molecular complexity index is 1640. The van der Waals surface area contributed by atoms with Crippen LogP contribution in [0.2, 0.25) is 0 Å². The van der Waals surface area contributed by atoms with Crippen LogP contribution in [-0.2, 0) is 37.8 Å². The molecule has 0 aliphatic carbocycles. The van der Waals surface area contributed by atoms with Crippen molar-refractivity contribution < 1.29 is 19.1 Å². The van der Waals surface area contributed by atoms with Gasteiger partial charge in [0.1, 0.15) is 6.04 Å². The third kappa shape index (κ3) is 5.82. The van der Waals surface area contributed by atoms with Crippen molar-refractivity contribution >= 4 is 28.9 Å². The number of amides is 1. The van der Waals surface area contributed by atoms with E-state index in [2.05, 4.69) is 5.32 Å². The number of esters is 1. The van der Waals surface area contributed by atoms with Crippen molar-refractivity contribution in [2.45, 2.75) is 37.8 Å². The van der Waals surface area contributed by atoms with E-state index in [0.29, 0.717) is 17.8 Å². The summed E-state index contributed by atoms with van der Waals surface area (Å²) < 4.78 is 12.5. The molecular weight excluding hydrogens is 568 g/mol. The minimum absolute atomic E-state index is 0.149. The first kappa shape index (κ1) is 29.5. The second-order valence-corrected chi connectivity index (χ2v) is 11.6. The minimum atomic E-state index is -1.70. The summed E-state index contributed by atoms with van der Waals surface area (Å²) in [7, 11) is 0. The predicted octanol–water partition coefficient (Wildman–Crippen LogP) is 7.02. The van der Waals surface area contributed by atoms with E-state index in [9.17, 15) is 4.79 Å². The molecule has 1 aromatic heterocycles. The Morgan fingerprint density at radius 2 is 1.43 bits per heavy atom. The normalized spacial score (nSPS) is 16.6. The van der Waals surface area contributed by atoms with Crippen LogP contribution in [0.1, 0.15) is 40.1 Å². The van der Waals surface area contributed by atoms with E-state index in [-0.39, 0.29) is 19.1 Å². The first-order chi connectivity index (χ1) is 21.6. The molecule has 5 aromatic rings. The van der Waals surface area contributed by atoms with Gasteiger partial charge in [0.05, 0.1) is 31.5 Å². The summed E-state index contributed by atoms with van der Waals surface area (Å²) in [6.07, 6.45) is 0. The summed E-state index contributed by atoms with van der Waals surface area (Å²) in [5.74, 6) is -0.871. The SMILES string of the molecule is CCOC(=O)[C@H](NC(c1ccccc1)c1ccccc1)[C@]1(OCc2cccs2)C(=O)N(Cc2ccccc2)c2ccccc21. The number of hydrogen-bond acceptors (Lipinski definition) is 6. The molecule has 0 bridgehead atoms. The Morgan fingerprint density at radius 1 is 0.818 bits per heavy atom. The highest BCUT2D eigenvalue weighted by Gasteiger charge is 2.60. The molecule has 2 atom stereocenters. The fourth-order valence-corrected chi connectivity index (χ4v) is 6.49. The van der Waals surface area contributed by atoms with Gasteiger partial charge in [0, 0.05) is 10.4 Å². The summed E-state index contributed by atoms with van der Waals surface area (Å²) in [4.78, 5) is 31.9. The summed E-state index contributed by atoms with van der Waals surface area (Å²) in [5.41, 5.74) is 2.49. The van der Waals surface area contributed by atoms with Gasteiger partial charge in [0.2, 0.25) is 0 Å². The molecule has 2 heterocycles. The van der Waals surface area contributed by atoms with Gasteiger partial charge in [-0.25, -0.2) is 0 Å². The number of carbonyl (C=O) groups is 2. The third-order valence-corrected chi connectivity index (χ3v) is 8.74. The molecule has 0 saturated heterocycles. The second kappa shape index (κ2) is 13.4. The number of rotatable bonds is 12. The number of thiophene rings is 1. The maximum absolute atomic E-state index is 15.0. The molecular formula is C37H34N2O4S. The summed E-state index contributed by atoms with van der Waals surface area (Å²) >= 11 is 1.54. The first-order valence-electron chi connectivity index (χ1n) is 14.8. The third-order valence-electron chi connectivity index (χ3n) is 7.89. The fraction of sp³-hybridized carbons (Fsp3) is 0.189. The summed E-state index contributed by atoms with van der Waals surface area (Å²) in [6.45, 7) is 2.40. The monoisotopic (exact) mass is 602 g/mol. The van der Waals surface area contributed by atoms with E-state index < -0.39 is 23.7 Å². The minimum Gasteiger partial charge on any atom is -0.465 e. The zero-order chi connectivity index (χ0) is 30.4. The van der Waals surface area contributed by atoms with Crippen molar-refractivity contribution in [1.29, 1.82) is 0 Å². The van der Waals surface area contributed by atoms with Crippen molar-refractivity contribution in [2.75, 3.05) is 11.5 Å². The number of carbonyl (C=O) groups excluding carboxylic acids is 2. The molecule has 0 radical (unpaired) electrons. The molecule has 6 rings (SSSR count). The average molecular weight is 603 g/mol. The van der Waals surface area contributed by atoms with Gasteiger partial charge in [-0.15, -0.1) is 11.3 Å². The first-order valence-corrected chi connectivity index (χ1v) is 15.6. The van der Waals surface area contributed by atoms with E-state index >= 15 is 4.79 Å². The molecule has 1 aliphatic rings. The Kier molecular flexibility index (Phi) is 8.98. The molecule has 1 N–H and O–H groups in total. The molecule has 0 unspecified atom stereocenters. The van der Waals surface area contributed by atoms with E-state index in [4.69, 9.17) is 9.47 Å². The highest BCUT2D eigenvalue weighted by molar-refractivity contribution is 7.09. The van der Waals surface area contributed by atoms with E-state index in [1.165, 1.54) is 0 Å². The fourth-order valence-electron chi connectivity index (χ4n) is 5.87. The highest BCUT2D eigenvalue weighted by atomic mass is 32.1. The van der Waals surface area contributed by atoms with Crippen LogP contribution >= 0.6 is 11.3 Å². The molecule has 0 fully saturated rings. The number of nitrogens with zero attached hydrogens (tertiary/aromatic N) is 1. The molecule has 6 nitrogen and oxygen atoms in total. The van der Waals surface area contributed by atoms with Crippen LogP contribution in [0, 0.1) is 0 Å². The van der Waals surface area contributed by atoms with Crippen LogP contribution in [0.15, 0.2) is 133 Å². The lowest BCUT2D eigenvalue weighted by Gasteiger charge is -2.38. The predicted molar refractivity (Wildman–Crippen MR) is 173 cm³/mol. The smallest absolute Gasteiger partial charge is 0.327 e. The largest absolute Gasteiger partial charge is 0.465 e. The van der Waals surface area contributed by atoms with Crippen molar-refractivity contribution in [3.63, 3.8) is 0 Å². The Labute approximate surface area is 261 Å². The van der Waals surface area contributed by atoms with Crippen LogP contribution in [-0.4, -0.2) is 24.5 Å². The molecule has 0 spiro atoms. The van der Waals surface area contributed by atoms with E-state index in [1.54, 1.807) is 23.2 Å². The van der Waals surface area contributed by atoms with Gasteiger partial charge in [0.15, 0.2) is 5.60 Å². The lowest BCUT2D eigenvalue weighted by Crippen LogP contribution is -2.60. The topological polar surface area (TPSA) is 67.9 Å². The molecule has 4 aromatic carbocycles.